The predicted octanol–water partition coefficient (Wildman–Crippen LogP) is 0.451. The molecule has 1 amide bonds. The number of hydrogen-bond donors (Lipinski definition) is 1. The van der Waals surface area contributed by atoms with Crippen molar-refractivity contribution in [3.05, 3.63) is 0 Å². The van der Waals surface area contributed by atoms with Crippen LogP contribution in [-0.4, -0.2) is 59.6 Å². The van der Waals surface area contributed by atoms with E-state index in [1.807, 2.05) is 6.92 Å². The molecule has 2 unspecified atom stereocenters. The van der Waals surface area contributed by atoms with E-state index in [1.165, 1.54) is 0 Å². The van der Waals surface area contributed by atoms with E-state index in [0.29, 0.717) is 26.1 Å². The van der Waals surface area contributed by atoms with Gasteiger partial charge in [-0.3, -0.25) is 9.69 Å². The largest absolute Gasteiger partial charge is 0.393 e. The molecule has 5 nitrogen and oxygen atoms in total. The zero-order valence-corrected chi connectivity index (χ0v) is 11.3. The number of carbonyl (C=O) groups excluding carboxylic acids is 1. The first-order chi connectivity index (χ1) is 8.58. The number of aliphatic hydroxyl groups is 1. The summed E-state index contributed by atoms with van der Waals surface area (Å²) >= 11 is 0. The molecule has 0 aliphatic carbocycles. The van der Waals surface area contributed by atoms with Gasteiger partial charge in [-0.05, 0) is 32.7 Å². The maximum absolute atomic E-state index is 12.0. The summed E-state index contributed by atoms with van der Waals surface area (Å²) in [5.74, 6) is 0.367. The minimum Gasteiger partial charge on any atom is -0.393 e. The molecule has 1 saturated heterocycles. The SMILES string of the molecule is CCN(CCC#N)C(=O)CN1CCC(C(C)O)C1. The highest BCUT2D eigenvalue weighted by Gasteiger charge is 2.27. The van der Waals surface area contributed by atoms with E-state index in [2.05, 4.69) is 11.0 Å². The zero-order valence-electron chi connectivity index (χ0n) is 11.3. The van der Waals surface area contributed by atoms with E-state index >= 15 is 0 Å². The molecule has 1 N–H and O–H groups in total. The quantitative estimate of drug-likeness (QED) is 0.746. The lowest BCUT2D eigenvalue weighted by molar-refractivity contribution is -0.132. The molecule has 0 aromatic heterocycles. The molecule has 1 heterocycles. The van der Waals surface area contributed by atoms with E-state index in [0.717, 1.165) is 19.5 Å². The van der Waals surface area contributed by atoms with Crippen molar-refractivity contribution in [2.75, 3.05) is 32.7 Å². The lowest BCUT2D eigenvalue weighted by Gasteiger charge is -2.23. The molecule has 5 heteroatoms. The normalized spacial score (nSPS) is 21.6. The lowest BCUT2D eigenvalue weighted by Crippen LogP contribution is -2.40. The molecule has 2 atom stereocenters. The summed E-state index contributed by atoms with van der Waals surface area (Å²) < 4.78 is 0. The fourth-order valence-electron chi connectivity index (χ4n) is 2.34. The molecule has 1 aliphatic heterocycles. The van der Waals surface area contributed by atoms with Gasteiger partial charge in [0.05, 0.1) is 25.1 Å². The second-order valence-corrected chi connectivity index (χ2v) is 4.91. The third kappa shape index (κ3) is 4.28. The average molecular weight is 253 g/mol. The van der Waals surface area contributed by atoms with Gasteiger partial charge in [0.25, 0.3) is 0 Å². The monoisotopic (exact) mass is 253 g/mol. The first-order valence-corrected chi connectivity index (χ1v) is 6.63. The van der Waals surface area contributed by atoms with Crippen LogP contribution in [0.25, 0.3) is 0 Å². The van der Waals surface area contributed by atoms with Gasteiger partial charge in [-0.25, -0.2) is 0 Å². The van der Waals surface area contributed by atoms with Crippen molar-refractivity contribution >= 4 is 5.91 Å². The van der Waals surface area contributed by atoms with Crippen LogP contribution in [0.1, 0.15) is 26.7 Å². The Morgan fingerprint density at radius 1 is 1.67 bits per heavy atom. The highest BCUT2D eigenvalue weighted by atomic mass is 16.3. The number of rotatable bonds is 6. The molecule has 1 rings (SSSR count). The van der Waals surface area contributed by atoms with Crippen molar-refractivity contribution in [3.8, 4) is 6.07 Å². The van der Waals surface area contributed by atoms with Crippen LogP contribution in [0.3, 0.4) is 0 Å². The van der Waals surface area contributed by atoms with Crippen LogP contribution in [-0.2, 0) is 4.79 Å². The Kier molecular flexibility index (Phi) is 6.10. The van der Waals surface area contributed by atoms with Gasteiger partial charge in [0.2, 0.25) is 5.91 Å². The minimum absolute atomic E-state index is 0.0824. The number of amides is 1. The molecule has 0 radical (unpaired) electrons. The average Bonchev–Trinajstić information content (AvgIpc) is 2.78. The molecule has 0 bridgehead atoms. The van der Waals surface area contributed by atoms with Gasteiger partial charge in [-0.1, -0.05) is 0 Å². The summed E-state index contributed by atoms with van der Waals surface area (Å²) in [5.41, 5.74) is 0. The molecular weight excluding hydrogens is 230 g/mol. The first-order valence-electron chi connectivity index (χ1n) is 6.63. The van der Waals surface area contributed by atoms with Crippen LogP contribution in [0.5, 0.6) is 0 Å². The second kappa shape index (κ2) is 7.34. The number of likely N-dealkylation sites (tertiary alicyclic amines) is 1. The number of hydrogen-bond acceptors (Lipinski definition) is 4. The number of likely N-dealkylation sites (N-methyl/N-ethyl adjacent to an activating group) is 1. The van der Waals surface area contributed by atoms with Crippen LogP contribution >= 0.6 is 0 Å². The van der Waals surface area contributed by atoms with Crippen molar-refractivity contribution in [2.45, 2.75) is 32.8 Å². The second-order valence-electron chi connectivity index (χ2n) is 4.91. The Balaban J connectivity index is 2.38. The lowest BCUT2D eigenvalue weighted by atomic mass is 10.0. The summed E-state index contributed by atoms with van der Waals surface area (Å²) in [5, 5.41) is 18.1. The highest BCUT2D eigenvalue weighted by molar-refractivity contribution is 5.78. The molecule has 1 fully saturated rings. The van der Waals surface area contributed by atoms with Gasteiger partial charge >= 0.3 is 0 Å². The van der Waals surface area contributed by atoms with Crippen LogP contribution < -0.4 is 0 Å². The standard InChI is InChI=1S/C13H23N3O2/c1-3-16(7-4-6-14)13(18)10-15-8-5-12(9-15)11(2)17/h11-12,17H,3-5,7-10H2,1-2H3. The summed E-state index contributed by atoms with van der Waals surface area (Å²) in [7, 11) is 0. The fraction of sp³-hybridized carbons (Fsp3) is 0.846. The highest BCUT2D eigenvalue weighted by Crippen LogP contribution is 2.19. The Hall–Kier alpha value is -1.12. The topological polar surface area (TPSA) is 67.6 Å². The molecule has 0 saturated carbocycles. The van der Waals surface area contributed by atoms with Crippen LogP contribution in [0.4, 0.5) is 0 Å². The van der Waals surface area contributed by atoms with Crippen molar-refractivity contribution in [2.24, 2.45) is 5.92 Å². The summed E-state index contributed by atoms with van der Waals surface area (Å²) in [6.07, 6.45) is 1.04. The van der Waals surface area contributed by atoms with E-state index < -0.39 is 0 Å². The third-order valence-electron chi connectivity index (χ3n) is 3.58. The zero-order chi connectivity index (χ0) is 13.5. The summed E-state index contributed by atoms with van der Waals surface area (Å²) in [4.78, 5) is 15.8. The molecule has 0 spiro atoms. The van der Waals surface area contributed by atoms with Crippen LogP contribution in [0.2, 0.25) is 0 Å². The van der Waals surface area contributed by atoms with Crippen molar-refractivity contribution < 1.29 is 9.90 Å². The van der Waals surface area contributed by atoms with Gasteiger partial charge in [0, 0.05) is 19.6 Å². The Labute approximate surface area is 109 Å². The Bertz CT molecular complexity index is 312. The molecule has 0 aromatic carbocycles. The third-order valence-corrected chi connectivity index (χ3v) is 3.58. The number of nitrogens with zero attached hydrogens (tertiary/aromatic N) is 3. The smallest absolute Gasteiger partial charge is 0.236 e. The summed E-state index contributed by atoms with van der Waals surface area (Å²) in [6.45, 7) is 6.96. The van der Waals surface area contributed by atoms with Gasteiger partial charge < -0.3 is 10.0 Å². The van der Waals surface area contributed by atoms with Crippen molar-refractivity contribution in [1.82, 2.24) is 9.80 Å². The molecular formula is C13H23N3O2. The van der Waals surface area contributed by atoms with Crippen LogP contribution in [0, 0.1) is 17.2 Å². The Morgan fingerprint density at radius 2 is 2.39 bits per heavy atom. The summed E-state index contributed by atoms with van der Waals surface area (Å²) in [6, 6.07) is 2.06. The number of aliphatic hydroxyl groups excluding tert-OH is 1. The molecule has 0 aromatic rings. The molecule has 1 aliphatic rings. The minimum atomic E-state index is -0.300. The maximum atomic E-state index is 12.0. The van der Waals surface area contributed by atoms with Crippen molar-refractivity contribution in [1.29, 1.82) is 5.26 Å². The van der Waals surface area contributed by atoms with Gasteiger partial charge in [-0.2, -0.15) is 5.26 Å². The van der Waals surface area contributed by atoms with E-state index in [-0.39, 0.29) is 17.9 Å². The fourth-order valence-corrected chi connectivity index (χ4v) is 2.34. The van der Waals surface area contributed by atoms with Gasteiger partial charge in [-0.15, -0.1) is 0 Å². The number of nitriles is 1. The Morgan fingerprint density at radius 3 is 2.89 bits per heavy atom. The van der Waals surface area contributed by atoms with Crippen LogP contribution in [0.15, 0.2) is 0 Å². The van der Waals surface area contributed by atoms with Gasteiger partial charge in [0.15, 0.2) is 0 Å². The predicted molar refractivity (Wildman–Crippen MR) is 68.7 cm³/mol. The van der Waals surface area contributed by atoms with Crippen molar-refractivity contribution in [3.63, 3.8) is 0 Å². The van der Waals surface area contributed by atoms with E-state index in [4.69, 9.17) is 5.26 Å². The van der Waals surface area contributed by atoms with Gasteiger partial charge in [0.1, 0.15) is 0 Å². The van der Waals surface area contributed by atoms with E-state index in [9.17, 15) is 9.90 Å². The molecule has 18 heavy (non-hydrogen) atoms. The number of carbonyl (C=O) groups is 1. The van der Waals surface area contributed by atoms with E-state index in [1.54, 1.807) is 11.8 Å². The maximum Gasteiger partial charge on any atom is 0.236 e. The molecule has 102 valence electrons. The first kappa shape index (κ1) is 14.9.